The van der Waals surface area contributed by atoms with Gasteiger partial charge in [0.05, 0.1) is 0 Å². The molecule has 0 saturated heterocycles. The van der Waals surface area contributed by atoms with Gasteiger partial charge in [0.25, 0.3) is 0 Å². The van der Waals surface area contributed by atoms with E-state index in [1.807, 2.05) is 10.3 Å². The third-order valence-corrected chi connectivity index (χ3v) is 9.00. The number of hydrogen-bond donors (Lipinski definition) is 0. The number of fused-ring (bicyclic) bond motifs is 3. The Morgan fingerprint density at radius 2 is 1.52 bits per heavy atom. The van der Waals surface area contributed by atoms with Crippen LogP contribution in [0.5, 0.6) is 0 Å². The molecular weight excluding hydrogens is 316 g/mol. The lowest BCUT2D eigenvalue weighted by atomic mass is 10.1. The van der Waals surface area contributed by atoms with Crippen LogP contribution in [0.2, 0.25) is 0 Å². The van der Waals surface area contributed by atoms with E-state index in [4.69, 9.17) is 0 Å². The minimum absolute atomic E-state index is 0.486. The maximum Gasteiger partial charge on any atom is 0.0451 e. The largest absolute Gasteiger partial charge is 0.0654 e. The Hall–Kier alpha value is -1.21. The topological polar surface area (TPSA) is 0 Å². The SMILES string of the molecule is CCCCCCc1ccc2c([si]1CCCCCC)Cc1ccccc1-2. The zero-order chi connectivity index (χ0) is 17.5. The molecule has 0 spiro atoms. The minimum Gasteiger partial charge on any atom is -0.0654 e. The van der Waals surface area contributed by atoms with Crippen LogP contribution in [0.4, 0.5) is 0 Å². The van der Waals surface area contributed by atoms with E-state index in [1.165, 1.54) is 75.8 Å². The summed E-state index contributed by atoms with van der Waals surface area (Å²) in [6, 6.07) is 15.6. The van der Waals surface area contributed by atoms with Gasteiger partial charge in [0, 0.05) is 8.40 Å². The molecule has 0 N–H and O–H groups in total. The van der Waals surface area contributed by atoms with Crippen molar-refractivity contribution in [2.75, 3.05) is 0 Å². The van der Waals surface area contributed by atoms with Gasteiger partial charge in [0.2, 0.25) is 0 Å². The fraction of sp³-hybridized carbons (Fsp3) is 0.542. The number of hydrogen-bond acceptors (Lipinski definition) is 0. The van der Waals surface area contributed by atoms with Gasteiger partial charge in [-0.25, -0.2) is 0 Å². The molecule has 0 nitrogen and oxygen atoms in total. The molecule has 0 atom stereocenters. The van der Waals surface area contributed by atoms with Crippen LogP contribution in [-0.2, 0) is 18.9 Å². The summed E-state index contributed by atoms with van der Waals surface area (Å²) < 4.78 is 0. The Kier molecular flexibility index (Phi) is 7.04. The van der Waals surface area contributed by atoms with Crippen molar-refractivity contribution in [1.29, 1.82) is 0 Å². The molecule has 0 radical (unpaired) electrons. The Balaban J connectivity index is 1.82. The molecular formula is C24H34Si. The van der Waals surface area contributed by atoms with Crippen LogP contribution in [0.3, 0.4) is 0 Å². The number of benzene rings is 1. The summed E-state index contributed by atoms with van der Waals surface area (Å²) in [5.41, 5.74) is 4.69. The Labute approximate surface area is 156 Å². The number of unbranched alkanes of at least 4 members (excludes halogenated alkanes) is 6. The van der Waals surface area contributed by atoms with Crippen LogP contribution < -0.4 is 0 Å². The van der Waals surface area contributed by atoms with Crippen molar-refractivity contribution in [3.8, 4) is 11.1 Å². The molecule has 3 rings (SSSR count). The van der Waals surface area contributed by atoms with E-state index in [1.54, 1.807) is 11.1 Å². The fourth-order valence-corrected chi connectivity index (χ4v) is 7.66. The molecule has 1 heterocycles. The van der Waals surface area contributed by atoms with Gasteiger partial charge < -0.3 is 0 Å². The summed E-state index contributed by atoms with van der Waals surface area (Å²) in [6.45, 7) is 4.63. The first-order chi connectivity index (χ1) is 12.3. The summed E-state index contributed by atoms with van der Waals surface area (Å²) >= 11 is 0. The Bertz CT molecular complexity index is 686. The lowest BCUT2D eigenvalue weighted by molar-refractivity contribution is 0.667. The highest BCUT2D eigenvalue weighted by atomic mass is 28.2. The van der Waals surface area contributed by atoms with Crippen LogP contribution >= 0.6 is 0 Å². The third-order valence-electron chi connectivity index (χ3n) is 5.78. The zero-order valence-corrected chi connectivity index (χ0v) is 17.2. The van der Waals surface area contributed by atoms with E-state index in [0.29, 0.717) is 0 Å². The smallest absolute Gasteiger partial charge is 0.0451 e. The van der Waals surface area contributed by atoms with Gasteiger partial charge in [-0.15, -0.1) is 0 Å². The Morgan fingerprint density at radius 1 is 0.760 bits per heavy atom. The number of aryl methyl sites for hydroxylation is 1. The zero-order valence-electron chi connectivity index (χ0n) is 16.2. The van der Waals surface area contributed by atoms with Crippen molar-refractivity contribution in [3.63, 3.8) is 0 Å². The second kappa shape index (κ2) is 9.47. The summed E-state index contributed by atoms with van der Waals surface area (Å²) in [7, 11) is -0.486. The molecule has 1 aromatic heterocycles. The molecule has 0 unspecified atom stereocenters. The molecule has 1 aliphatic rings. The molecule has 0 bridgehead atoms. The number of rotatable bonds is 10. The van der Waals surface area contributed by atoms with Crippen LogP contribution in [-0.4, -0.2) is 8.40 Å². The summed E-state index contributed by atoms with van der Waals surface area (Å²) in [5, 5.41) is 3.65. The predicted molar refractivity (Wildman–Crippen MR) is 113 cm³/mol. The van der Waals surface area contributed by atoms with E-state index in [2.05, 4.69) is 50.2 Å². The van der Waals surface area contributed by atoms with Crippen molar-refractivity contribution in [2.24, 2.45) is 0 Å². The van der Waals surface area contributed by atoms with Gasteiger partial charge in [0.15, 0.2) is 0 Å². The van der Waals surface area contributed by atoms with Gasteiger partial charge in [-0.3, -0.25) is 0 Å². The van der Waals surface area contributed by atoms with E-state index in [9.17, 15) is 0 Å². The van der Waals surface area contributed by atoms with Crippen molar-refractivity contribution in [3.05, 3.63) is 52.3 Å². The van der Waals surface area contributed by atoms with Gasteiger partial charge >= 0.3 is 0 Å². The first kappa shape index (κ1) is 18.6. The van der Waals surface area contributed by atoms with Gasteiger partial charge in [-0.05, 0) is 42.0 Å². The van der Waals surface area contributed by atoms with E-state index in [-0.39, 0.29) is 0 Å². The molecule has 25 heavy (non-hydrogen) atoms. The second-order valence-electron chi connectivity index (χ2n) is 7.68. The molecule has 0 amide bonds. The minimum atomic E-state index is -0.486. The van der Waals surface area contributed by atoms with Crippen LogP contribution in [0.25, 0.3) is 11.1 Å². The molecule has 1 aromatic carbocycles. The average Bonchev–Trinajstić information content (AvgIpc) is 3.02. The molecule has 0 saturated carbocycles. The highest BCUT2D eigenvalue weighted by Crippen LogP contribution is 2.37. The standard InChI is InChI=1S/C24H34Si/c1-3-5-7-9-14-21-16-17-23-22-15-11-10-13-20(22)19-24(23)25(21)18-12-8-6-4-2/h10-11,13,15-17H,3-9,12,14,18-19H2,1-2H3. The van der Waals surface area contributed by atoms with Gasteiger partial charge in [-0.2, -0.15) is 0 Å². The van der Waals surface area contributed by atoms with Crippen molar-refractivity contribution < 1.29 is 0 Å². The predicted octanol–water partition coefficient (Wildman–Crippen LogP) is 6.99. The van der Waals surface area contributed by atoms with Crippen LogP contribution in [0.1, 0.15) is 81.1 Å². The van der Waals surface area contributed by atoms with Crippen molar-refractivity contribution in [2.45, 2.75) is 84.1 Å². The monoisotopic (exact) mass is 350 g/mol. The maximum absolute atomic E-state index is 2.53. The van der Waals surface area contributed by atoms with E-state index < -0.39 is 8.40 Å². The highest BCUT2D eigenvalue weighted by molar-refractivity contribution is 6.56. The van der Waals surface area contributed by atoms with E-state index in [0.717, 1.165) is 0 Å². The maximum atomic E-state index is 2.53. The molecule has 0 fully saturated rings. The molecule has 0 aliphatic heterocycles. The molecule has 1 heteroatoms. The second-order valence-corrected chi connectivity index (χ2v) is 10.4. The van der Waals surface area contributed by atoms with Crippen molar-refractivity contribution >= 4 is 8.40 Å². The van der Waals surface area contributed by atoms with Crippen LogP contribution in [0.15, 0.2) is 36.4 Å². The lowest BCUT2D eigenvalue weighted by Crippen LogP contribution is -2.13. The van der Waals surface area contributed by atoms with E-state index >= 15 is 0 Å². The molecule has 1 aliphatic carbocycles. The first-order valence-electron chi connectivity index (χ1n) is 10.6. The average molecular weight is 351 g/mol. The first-order valence-corrected chi connectivity index (χ1v) is 12.3. The fourth-order valence-electron chi connectivity index (χ4n) is 4.34. The summed E-state index contributed by atoms with van der Waals surface area (Å²) in [4.78, 5) is 0. The van der Waals surface area contributed by atoms with Crippen LogP contribution in [0, 0.1) is 0 Å². The van der Waals surface area contributed by atoms with Gasteiger partial charge in [0.1, 0.15) is 0 Å². The quantitative estimate of drug-likeness (QED) is 0.273. The summed E-state index contributed by atoms with van der Waals surface area (Å²) in [5.74, 6) is 0. The Morgan fingerprint density at radius 3 is 2.32 bits per heavy atom. The summed E-state index contributed by atoms with van der Waals surface area (Å²) in [6.07, 6.45) is 13.7. The molecule has 2 aromatic rings. The van der Waals surface area contributed by atoms with Crippen molar-refractivity contribution in [1.82, 2.24) is 0 Å². The lowest BCUT2D eigenvalue weighted by Gasteiger charge is -2.14. The van der Waals surface area contributed by atoms with Gasteiger partial charge in [-0.1, -0.05) is 106 Å². The highest BCUT2D eigenvalue weighted by Gasteiger charge is 2.22. The third kappa shape index (κ3) is 4.50. The normalized spacial score (nSPS) is 12.2. The molecule has 134 valence electrons.